The maximum absolute atomic E-state index is 12.7. The Bertz CT molecular complexity index is 1220. The van der Waals surface area contributed by atoms with Gasteiger partial charge in [0.05, 0.1) is 12.5 Å². The molecule has 2 aromatic rings. The van der Waals surface area contributed by atoms with Crippen LogP contribution in [0.3, 0.4) is 0 Å². The van der Waals surface area contributed by atoms with Gasteiger partial charge in [0.25, 0.3) is 0 Å². The van der Waals surface area contributed by atoms with Gasteiger partial charge in [0.2, 0.25) is 5.95 Å². The molecule has 0 bridgehead atoms. The van der Waals surface area contributed by atoms with Crippen LogP contribution in [-0.4, -0.2) is 92.7 Å². The summed E-state index contributed by atoms with van der Waals surface area (Å²) in [6.07, 6.45) is 5.84. The standard InChI is InChI=1S/C31H47F3N6O3/c1-30(2,3)43-29(42)39-16-14-38(15-17-39)19-21-4-6-22(7-5-21)26-20-40(23-8-10-24(41)11-9-23)27-25(26)18-36-28(37-27)35-13-12-31(32,33)34/h18,20-24,41H,4-17,19H2,1-3H3,(H,35,36,37)/t21-,22-,23-,24-. The molecule has 3 aliphatic rings. The maximum Gasteiger partial charge on any atom is 0.410 e. The molecule has 2 saturated carbocycles. The Morgan fingerprint density at radius 2 is 1.70 bits per heavy atom. The van der Waals surface area contributed by atoms with E-state index in [0.717, 1.165) is 82.0 Å². The number of aliphatic hydroxyl groups is 1. The molecule has 12 heteroatoms. The fraction of sp³-hybridized carbons (Fsp3) is 0.774. The van der Waals surface area contributed by atoms with Crippen LogP contribution in [0.1, 0.15) is 96.1 Å². The highest BCUT2D eigenvalue weighted by Crippen LogP contribution is 2.41. The molecule has 0 spiro atoms. The van der Waals surface area contributed by atoms with Gasteiger partial charge in [-0.05, 0) is 89.5 Å². The summed E-state index contributed by atoms with van der Waals surface area (Å²) >= 11 is 0. The first-order chi connectivity index (χ1) is 20.3. The van der Waals surface area contributed by atoms with E-state index in [0.29, 0.717) is 24.9 Å². The zero-order chi connectivity index (χ0) is 30.8. The van der Waals surface area contributed by atoms with Gasteiger partial charge in [0.15, 0.2) is 0 Å². The number of nitrogens with one attached hydrogen (secondary N) is 1. The molecule has 3 fully saturated rings. The third kappa shape index (κ3) is 8.53. The zero-order valence-electron chi connectivity index (χ0n) is 25.7. The largest absolute Gasteiger partial charge is 0.444 e. The van der Waals surface area contributed by atoms with Crippen molar-refractivity contribution in [2.75, 3.05) is 44.6 Å². The Balaban J connectivity index is 1.21. The maximum atomic E-state index is 12.7. The molecule has 1 aliphatic heterocycles. The molecule has 0 radical (unpaired) electrons. The molecular weight excluding hydrogens is 561 g/mol. The lowest BCUT2D eigenvalue weighted by Crippen LogP contribution is -2.51. The predicted octanol–water partition coefficient (Wildman–Crippen LogP) is 6.10. The van der Waals surface area contributed by atoms with Gasteiger partial charge in [-0.15, -0.1) is 0 Å². The van der Waals surface area contributed by atoms with Gasteiger partial charge in [0, 0.05) is 63.1 Å². The minimum Gasteiger partial charge on any atom is -0.444 e. The molecular formula is C31H47F3N6O3. The smallest absolute Gasteiger partial charge is 0.410 e. The van der Waals surface area contributed by atoms with Crippen LogP contribution in [0.2, 0.25) is 0 Å². The van der Waals surface area contributed by atoms with Crippen molar-refractivity contribution in [1.29, 1.82) is 0 Å². The Morgan fingerprint density at radius 3 is 2.33 bits per heavy atom. The second-order valence-corrected chi connectivity index (χ2v) is 13.7. The predicted molar refractivity (Wildman–Crippen MR) is 159 cm³/mol. The second kappa shape index (κ2) is 13.2. The zero-order valence-corrected chi connectivity index (χ0v) is 25.7. The lowest BCUT2D eigenvalue weighted by molar-refractivity contribution is -0.131. The number of nitrogens with zero attached hydrogens (tertiary/aromatic N) is 5. The first-order valence-corrected chi connectivity index (χ1v) is 15.9. The fourth-order valence-electron chi connectivity index (χ4n) is 6.86. The van der Waals surface area contributed by atoms with Crippen molar-refractivity contribution in [3.63, 3.8) is 0 Å². The van der Waals surface area contributed by atoms with E-state index in [9.17, 15) is 23.1 Å². The molecule has 2 aliphatic carbocycles. The van der Waals surface area contributed by atoms with Crippen molar-refractivity contribution in [1.82, 2.24) is 24.3 Å². The van der Waals surface area contributed by atoms with Crippen LogP contribution in [-0.2, 0) is 4.74 Å². The van der Waals surface area contributed by atoms with E-state index in [-0.39, 0.29) is 30.7 Å². The van der Waals surface area contributed by atoms with Crippen LogP contribution in [0.15, 0.2) is 12.4 Å². The molecule has 1 amide bonds. The van der Waals surface area contributed by atoms with Crippen molar-refractivity contribution >= 4 is 23.1 Å². The third-order valence-corrected chi connectivity index (χ3v) is 9.18. The number of rotatable bonds is 7. The Hall–Kier alpha value is -2.60. The molecule has 9 nitrogen and oxygen atoms in total. The average molecular weight is 609 g/mol. The first-order valence-electron chi connectivity index (χ1n) is 15.9. The molecule has 1 saturated heterocycles. The number of anilines is 1. The molecule has 2 N–H and O–H groups in total. The molecule has 0 atom stereocenters. The number of ether oxygens (including phenoxy) is 1. The minimum atomic E-state index is -4.24. The van der Waals surface area contributed by atoms with Crippen LogP contribution < -0.4 is 5.32 Å². The number of aromatic nitrogens is 3. The summed E-state index contributed by atoms with van der Waals surface area (Å²) in [7, 11) is 0. The lowest BCUT2D eigenvalue weighted by Gasteiger charge is -2.38. The number of carbonyl (C=O) groups is 1. The second-order valence-electron chi connectivity index (χ2n) is 13.7. The van der Waals surface area contributed by atoms with Gasteiger partial charge in [-0.1, -0.05) is 0 Å². The highest BCUT2D eigenvalue weighted by atomic mass is 19.4. The highest BCUT2D eigenvalue weighted by molar-refractivity contribution is 5.81. The van der Waals surface area contributed by atoms with Crippen LogP contribution in [0.5, 0.6) is 0 Å². The van der Waals surface area contributed by atoms with Gasteiger partial charge >= 0.3 is 12.3 Å². The number of hydrogen-bond donors (Lipinski definition) is 2. The number of carbonyl (C=O) groups excluding carboxylic acids is 1. The number of aliphatic hydroxyl groups excluding tert-OH is 1. The van der Waals surface area contributed by atoms with Gasteiger partial charge < -0.3 is 24.6 Å². The van der Waals surface area contributed by atoms with Gasteiger partial charge in [0.1, 0.15) is 11.2 Å². The summed E-state index contributed by atoms with van der Waals surface area (Å²) in [5, 5.41) is 13.8. The van der Waals surface area contributed by atoms with Crippen molar-refractivity contribution in [2.45, 2.75) is 108 Å². The Kier molecular flexibility index (Phi) is 9.75. The third-order valence-electron chi connectivity index (χ3n) is 9.18. The Morgan fingerprint density at radius 1 is 1.02 bits per heavy atom. The summed E-state index contributed by atoms with van der Waals surface area (Å²) in [4.78, 5) is 25.8. The topological polar surface area (TPSA) is 95.8 Å². The van der Waals surface area contributed by atoms with Gasteiger partial charge in [-0.25, -0.2) is 9.78 Å². The van der Waals surface area contributed by atoms with Crippen molar-refractivity contribution < 1.29 is 27.8 Å². The van der Waals surface area contributed by atoms with Crippen LogP contribution >= 0.6 is 0 Å². The van der Waals surface area contributed by atoms with Crippen LogP contribution in [0, 0.1) is 5.92 Å². The molecule has 3 heterocycles. The molecule has 2 aromatic heterocycles. The van der Waals surface area contributed by atoms with Crippen LogP contribution in [0.25, 0.3) is 11.0 Å². The van der Waals surface area contributed by atoms with E-state index in [1.54, 1.807) is 11.1 Å². The quantitative estimate of drug-likeness (QED) is 0.392. The fourth-order valence-corrected chi connectivity index (χ4v) is 6.86. The summed E-state index contributed by atoms with van der Waals surface area (Å²) in [6.45, 7) is 9.54. The van der Waals surface area contributed by atoms with E-state index in [2.05, 4.69) is 26.0 Å². The molecule has 0 aromatic carbocycles. The number of halogens is 3. The summed E-state index contributed by atoms with van der Waals surface area (Å²) < 4.78 is 45.8. The molecule has 240 valence electrons. The first kappa shape index (κ1) is 31.8. The monoisotopic (exact) mass is 608 g/mol. The number of hydrogen-bond acceptors (Lipinski definition) is 7. The van der Waals surface area contributed by atoms with Crippen molar-refractivity contribution in [3.8, 4) is 0 Å². The SMILES string of the molecule is CC(C)(C)OC(=O)N1CCN(C[C@H]2CC[C@H](c3cn([C@H]4CC[C@H](O)CC4)c4nc(NCCC(F)(F)F)ncc43)CC2)CC1. The number of fused-ring (bicyclic) bond motifs is 1. The van der Waals surface area contributed by atoms with Gasteiger partial charge in [-0.2, -0.15) is 18.2 Å². The molecule has 5 rings (SSSR count). The lowest BCUT2D eigenvalue weighted by atomic mass is 9.78. The normalized spacial score (nSPS) is 26.1. The average Bonchev–Trinajstić information content (AvgIpc) is 3.31. The number of piperazine rings is 1. The van der Waals surface area contributed by atoms with E-state index in [1.807, 2.05) is 20.8 Å². The molecule has 0 unspecified atom stereocenters. The summed E-state index contributed by atoms with van der Waals surface area (Å²) in [5.74, 6) is 1.21. The Labute approximate surface area is 252 Å². The highest BCUT2D eigenvalue weighted by Gasteiger charge is 2.31. The van der Waals surface area contributed by atoms with E-state index < -0.39 is 18.2 Å². The van der Waals surface area contributed by atoms with E-state index in [1.165, 1.54) is 5.56 Å². The number of amides is 1. The van der Waals surface area contributed by atoms with Crippen molar-refractivity contribution in [2.24, 2.45) is 5.92 Å². The van der Waals surface area contributed by atoms with Crippen molar-refractivity contribution in [3.05, 3.63) is 18.0 Å². The number of alkyl halides is 3. The van der Waals surface area contributed by atoms with E-state index in [4.69, 9.17) is 9.72 Å². The summed E-state index contributed by atoms with van der Waals surface area (Å²) in [6, 6.07) is 0.202. The van der Waals surface area contributed by atoms with Crippen LogP contribution in [0.4, 0.5) is 23.9 Å². The summed E-state index contributed by atoms with van der Waals surface area (Å²) in [5.41, 5.74) is 1.51. The minimum absolute atomic E-state index is 0.202. The molecule has 43 heavy (non-hydrogen) atoms. The van der Waals surface area contributed by atoms with E-state index >= 15 is 0 Å². The van der Waals surface area contributed by atoms with Gasteiger partial charge in [-0.3, -0.25) is 4.90 Å².